The largest absolute Gasteiger partial charge is 0.370 e. The topological polar surface area (TPSA) is 140 Å². The van der Waals surface area contributed by atoms with Crippen LogP contribution in [-0.4, -0.2) is 54.4 Å². The van der Waals surface area contributed by atoms with Crippen LogP contribution in [0.25, 0.3) is 0 Å². The first kappa shape index (κ1) is 29.2. The highest BCUT2D eigenvalue weighted by Gasteiger charge is 2.27. The number of likely N-dealkylation sites (tertiary alicyclic amines) is 1. The molecule has 0 aromatic rings. The van der Waals surface area contributed by atoms with Gasteiger partial charge in [-0.15, -0.1) is 0 Å². The van der Waals surface area contributed by atoms with Crippen molar-refractivity contribution < 1.29 is 9.59 Å². The molecule has 0 spiro atoms. The van der Waals surface area contributed by atoms with Gasteiger partial charge in [-0.25, -0.2) is 0 Å². The second-order valence-electron chi connectivity index (χ2n) is 9.47. The summed E-state index contributed by atoms with van der Waals surface area (Å²) in [6, 6.07) is -0.509. The number of nitrogens with zero attached hydrogens (tertiary/aromatic N) is 2. The van der Waals surface area contributed by atoms with E-state index < -0.39 is 6.04 Å². The Morgan fingerprint density at radius 3 is 2.24 bits per heavy atom. The molecule has 2 amide bonds. The minimum atomic E-state index is -0.585. The molecular formula is C25H50N6O2. The molecule has 192 valence electrons. The molecule has 0 saturated carbocycles. The summed E-state index contributed by atoms with van der Waals surface area (Å²) < 4.78 is 0. The van der Waals surface area contributed by atoms with E-state index in [1.54, 1.807) is 0 Å². The Hall–Kier alpha value is -1.83. The lowest BCUT2D eigenvalue weighted by Crippen LogP contribution is -2.51. The highest BCUT2D eigenvalue weighted by atomic mass is 16.2. The molecule has 8 heteroatoms. The van der Waals surface area contributed by atoms with Gasteiger partial charge in [0.05, 0.1) is 6.04 Å². The third-order valence-corrected chi connectivity index (χ3v) is 6.51. The zero-order valence-corrected chi connectivity index (χ0v) is 21.0. The molecule has 1 fully saturated rings. The fourth-order valence-corrected chi connectivity index (χ4v) is 4.45. The maximum atomic E-state index is 12.8. The molecule has 0 aliphatic carbocycles. The van der Waals surface area contributed by atoms with E-state index in [4.69, 9.17) is 17.2 Å². The zero-order chi connectivity index (χ0) is 24.3. The van der Waals surface area contributed by atoms with E-state index in [-0.39, 0.29) is 23.8 Å². The molecule has 1 rings (SSSR count). The zero-order valence-electron chi connectivity index (χ0n) is 21.0. The standard InChI is InChI=1S/C25H50N6O2/c1-2-3-4-5-6-7-8-9-10-11-17-23(32)31-19-13-12-15-21(31)20-30-24(33)22(26)16-14-18-29-25(27)28/h21-22H,2-20,26H2,1H3,(H,30,33)(H4,27,28,29). The Labute approximate surface area is 201 Å². The maximum absolute atomic E-state index is 12.8. The summed E-state index contributed by atoms with van der Waals surface area (Å²) in [7, 11) is 0. The highest BCUT2D eigenvalue weighted by Crippen LogP contribution is 2.19. The van der Waals surface area contributed by atoms with E-state index in [0.717, 1.165) is 38.6 Å². The van der Waals surface area contributed by atoms with E-state index in [1.165, 1.54) is 51.4 Å². The number of amides is 2. The number of piperidine rings is 1. The third kappa shape index (κ3) is 14.1. The number of guanidine groups is 1. The van der Waals surface area contributed by atoms with Crippen molar-refractivity contribution in [1.82, 2.24) is 10.2 Å². The second-order valence-corrected chi connectivity index (χ2v) is 9.47. The van der Waals surface area contributed by atoms with Gasteiger partial charge in [-0.3, -0.25) is 14.6 Å². The lowest BCUT2D eigenvalue weighted by atomic mass is 10.0. The molecule has 1 heterocycles. The minimum absolute atomic E-state index is 0.0490. The number of carbonyl (C=O) groups is 2. The normalized spacial score (nSPS) is 16.9. The molecular weight excluding hydrogens is 416 g/mol. The van der Waals surface area contributed by atoms with Crippen LogP contribution >= 0.6 is 0 Å². The lowest BCUT2D eigenvalue weighted by Gasteiger charge is -2.36. The minimum Gasteiger partial charge on any atom is -0.370 e. The first-order valence-electron chi connectivity index (χ1n) is 13.3. The van der Waals surface area contributed by atoms with Gasteiger partial charge in [-0.05, 0) is 38.5 Å². The van der Waals surface area contributed by atoms with Gasteiger partial charge in [-0.2, -0.15) is 0 Å². The first-order chi connectivity index (χ1) is 16.0. The van der Waals surface area contributed by atoms with Gasteiger partial charge in [0.25, 0.3) is 0 Å². The summed E-state index contributed by atoms with van der Waals surface area (Å²) in [5.74, 6) is 0.107. The van der Waals surface area contributed by atoms with E-state index in [1.807, 2.05) is 4.90 Å². The van der Waals surface area contributed by atoms with E-state index in [2.05, 4.69) is 17.2 Å². The van der Waals surface area contributed by atoms with Gasteiger partial charge in [0, 0.05) is 32.1 Å². The number of nitrogens with two attached hydrogens (primary N) is 3. The number of hydrogen-bond acceptors (Lipinski definition) is 4. The van der Waals surface area contributed by atoms with Crippen LogP contribution in [0.5, 0.6) is 0 Å². The van der Waals surface area contributed by atoms with Crippen molar-refractivity contribution in [2.75, 3.05) is 19.6 Å². The lowest BCUT2D eigenvalue weighted by molar-refractivity contribution is -0.135. The van der Waals surface area contributed by atoms with Crippen molar-refractivity contribution in [3.63, 3.8) is 0 Å². The predicted octanol–water partition coefficient (Wildman–Crippen LogP) is 3.18. The summed E-state index contributed by atoms with van der Waals surface area (Å²) in [5.41, 5.74) is 16.6. The number of rotatable bonds is 18. The van der Waals surface area contributed by atoms with Crippen LogP contribution in [0.2, 0.25) is 0 Å². The average Bonchev–Trinajstić information content (AvgIpc) is 2.81. The van der Waals surface area contributed by atoms with Crippen molar-refractivity contribution in [3.8, 4) is 0 Å². The van der Waals surface area contributed by atoms with Crippen LogP contribution in [0.4, 0.5) is 0 Å². The van der Waals surface area contributed by atoms with Crippen molar-refractivity contribution in [2.45, 2.75) is 122 Å². The van der Waals surface area contributed by atoms with Gasteiger partial charge in [0.1, 0.15) is 0 Å². The first-order valence-corrected chi connectivity index (χ1v) is 13.3. The van der Waals surface area contributed by atoms with Crippen LogP contribution in [0.1, 0.15) is 110 Å². The molecule has 2 atom stereocenters. The Morgan fingerprint density at radius 1 is 0.970 bits per heavy atom. The second kappa shape index (κ2) is 18.6. The Morgan fingerprint density at radius 2 is 1.61 bits per heavy atom. The molecule has 0 bridgehead atoms. The highest BCUT2D eigenvalue weighted by molar-refractivity contribution is 5.81. The van der Waals surface area contributed by atoms with Crippen LogP contribution in [0, 0.1) is 0 Å². The molecule has 8 nitrogen and oxygen atoms in total. The van der Waals surface area contributed by atoms with Gasteiger partial charge in [0.2, 0.25) is 11.8 Å². The van der Waals surface area contributed by atoms with Crippen molar-refractivity contribution in [2.24, 2.45) is 22.2 Å². The Kier molecular flexibility index (Phi) is 16.4. The van der Waals surface area contributed by atoms with Crippen molar-refractivity contribution >= 4 is 17.8 Å². The van der Waals surface area contributed by atoms with Gasteiger partial charge < -0.3 is 27.4 Å². The van der Waals surface area contributed by atoms with Crippen LogP contribution < -0.4 is 22.5 Å². The van der Waals surface area contributed by atoms with Crippen molar-refractivity contribution in [3.05, 3.63) is 0 Å². The fraction of sp³-hybridized carbons (Fsp3) is 0.880. The molecule has 1 aliphatic rings. The average molecular weight is 467 g/mol. The summed E-state index contributed by atoms with van der Waals surface area (Å²) in [5, 5.41) is 2.95. The van der Waals surface area contributed by atoms with Gasteiger partial charge in [0.15, 0.2) is 5.96 Å². The van der Waals surface area contributed by atoms with E-state index in [0.29, 0.717) is 32.4 Å². The molecule has 1 saturated heterocycles. The molecule has 2 unspecified atom stereocenters. The smallest absolute Gasteiger partial charge is 0.236 e. The van der Waals surface area contributed by atoms with E-state index >= 15 is 0 Å². The Bertz CT molecular complexity index is 565. The summed E-state index contributed by atoms with van der Waals surface area (Å²) in [6.07, 6.45) is 17.5. The summed E-state index contributed by atoms with van der Waals surface area (Å²) in [4.78, 5) is 31.0. The van der Waals surface area contributed by atoms with Crippen LogP contribution in [0.15, 0.2) is 4.99 Å². The van der Waals surface area contributed by atoms with Crippen LogP contribution in [-0.2, 0) is 9.59 Å². The molecule has 1 aliphatic heterocycles. The number of unbranched alkanes of at least 4 members (excludes halogenated alkanes) is 9. The maximum Gasteiger partial charge on any atom is 0.236 e. The SMILES string of the molecule is CCCCCCCCCCCCC(=O)N1CCCCC1CNC(=O)C(N)CCCN=C(N)N. The molecule has 0 radical (unpaired) electrons. The number of aliphatic imine (C=N–C) groups is 1. The molecule has 33 heavy (non-hydrogen) atoms. The molecule has 7 N–H and O–H groups in total. The third-order valence-electron chi connectivity index (χ3n) is 6.51. The predicted molar refractivity (Wildman–Crippen MR) is 137 cm³/mol. The quantitative estimate of drug-likeness (QED) is 0.139. The van der Waals surface area contributed by atoms with Crippen molar-refractivity contribution in [1.29, 1.82) is 0 Å². The molecule has 0 aromatic carbocycles. The van der Waals surface area contributed by atoms with Gasteiger partial charge >= 0.3 is 0 Å². The van der Waals surface area contributed by atoms with Gasteiger partial charge in [-0.1, -0.05) is 64.7 Å². The monoisotopic (exact) mass is 466 g/mol. The summed E-state index contributed by atoms with van der Waals surface area (Å²) >= 11 is 0. The Balaban J connectivity index is 2.22. The van der Waals surface area contributed by atoms with Crippen LogP contribution in [0.3, 0.4) is 0 Å². The number of nitrogens with one attached hydrogen (secondary N) is 1. The number of carbonyl (C=O) groups excluding carboxylic acids is 2. The number of hydrogen-bond donors (Lipinski definition) is 4. The summed E-state index contributed by atoms with van der Waals surface area (Å²) in [6.45, 7) is 3.98. The molecule has 0 aromatic heterocycles. The fourth-order valence-electron chi connectivity index (χ4n) is 4.45. The van der Waals surface area contributed by atoms with E-state index in [9.17, 15) is 9.59 Å².